The quantitative estimate of drug-likeness (QED) is 0.631. The average Bonchev–Trinajstić information content (AvgIpc) is 2.84. The van der Waals surface area contributed by atoms with Crippen LogP contribution in [0.3, 0.4) is 0 Å². The van der Waals surface area contributed by atoms with E-state index >= 15 is 0 Å². The van der Waals surface area contributed by atoms with Crippen LogP contribution in [0, 0.1) is 6.92 Å². The Kier molecular flexibility index (Phi) is 4.31. The van der Waals surface area contributed by atoms with Gasteiger partial charge in [-0.3, -0.25) is 9.79 Å². The highest BCUT2D eigenvalue weighted by Crippen LogP contribution is 2.32. The van der Waals surface area contributed by atoms with Gasteiger partial charge in [-0.05, 0) is 13.6 Å². The summed E-state index contributed by atoms with van der Waals surface area (Å²) in [7, 11) is 1.55. The van der Waals surface area contributed by atoms with E-state index in [4.69, 9.17) is 10.8 Å². The molecule has 0 radical (unpaired) electrons. The van der Waals surface area contributed by atoms with Crippen molar-refractivity contribution in [3.8, 4) is 11.1 Å². The summed E-state index contributed by atoms with van der Waals surface area (Å²) in [4.78, 5) is 27.2. The molecule has 0 fully saturated rings. The molecule has 0 amide bonds. The third-order valence-electron chi connectivity index (χ3n) is 3.09. The summed E-state index contributed by atoms with van der Waals surface area (Å²) < 4.78 is 1.46. The summed E-state index contributed by atoms with van der Waals surface area (Å²) in [5.74, 6) is 0.225. The average molecular weight is 300 g/mol. The lowest BCUT2D eigenvalue weighted by Crippen LogP contribution is -2.14. The Balaban J connectivity index is 2.70. The Morgan fingerprint density at radius 3 is 2.59 bits per heavy atom. The van der Waals surface area contributed by atoms with Gasteiger partial charge in [0.15, 0.2) is 0 Å². The molecule has 0 aliphatic rings. The van der Waals surface area contributed by atoms with Gasteiger partial charge in [-0.2, -0.15) is 0 Å². The molecule has 114 valence electrons. The lowest BCUT2D eigenvalue weighted by molar-refractivity contribution is -0.137. The van der Waals surface area contributed by atoms with E-state index in [1.165, 1.54) is 4.57 Å². The second-order valence-corrected chi connectivity index (χ2v) is 4.55. The molecule has 0 aromatic carbocycles. The minimum atomic E-state index is -0.995. The van der Waals surface area contributed by atoms with Crippen LogP contribution in [-0.2, 0) is 11.3 Å². The van der Waals surface area contributed by atoms with Crippen LogP contribution in [0.2, 0.25) is 0 Å². The van der Waals surface area contributed by atoms with Crippen molar-refractivity contribution >= 4 is 24.3 Å². The second kappa shape index (κ2) is 6.17. The molecule has 8 heteroatoms. The number of hydrogen-bond donors (Lipinski definition) is 2. The van der Waals surface area contributed by atoms with Crippen molar-refractivity contribution in [2.75, 3.05) is 7.05 Å². The number of hydrogen-bond acceptors (Lipinski definition) is 5. The highest BCUT2D eigenvalue weighted by molar-refractivity contribution is 6.07. The molecule has 0 spiro atoms. The minimum absolute atomic E-state index is 0.238. The summed E-state index contributed by atoms with van der Waals surface area (Å²) in [6, 6.07) is 0. The molecule has 2 heterocycles. The van der Waals surface area contributed by atoms with E-state index in [2.05, 4.69) is 26.7 Å². The van der Waals surface area contributed by atoms with E-state index in [9.17, 15) is 4.79 Å². The third-order valence-corrected chi connectivity index (χ3v) is 3.09. The SMILES string of the molecule is C=Nc1c(C(N)=NC)c(-c2cnc(C)nc2)cn1CC(=O)O. The number of nitrogens with two attached hydrogens (primary N) is 1. The Hall–Kier alpha value is -3.03. The van der Waals surface area contributed by atoms with E-state index in [1.807, 2.05) is 0 Å². The number of aryl methyl sites for hydroxylation is 1. The molecular weight excluding hydrogens is 284 g/mol. The van der Waals surface area contributed by atoms with Gasteiger partial charge in [0.2, 0.25) is 0 Å². The maximum Gasteiger partial charge on any atom is 0.323 e. The molecule has 2 aromatic heterocycles. The fourth-order valence-corrected chi connectivity index (χ4v) is 2.10. The standard InChI is InChI=1S/C14H16N6O2/c1-8-18-4-9(5-19-8)10-6-20(7-11(21)22)14(17-3)12(10)13(15)16-2/h4-6H,3,7H2,1-2H3,(H2,15,16)(H,21,22). The normalized spacial score (nSPS) is 11.5. The van der Waals surface area contributed by atoms with Crippen molar-refractivity contribution in [1.82, 2.24) is 14.5 Å². The summed E-state index contributed by atoms with van der Waals surface area (Å²) in [6.07, 6.45) is 4.92. The van der Waals surface area contributed by atoms with Gasteiger partial charge in [-0.25, -0.2) is 15.0 Å². The zero-order chi connectivity index (χ0) is 16.3. The number of rotatable bonds is 5. The number of aliphatic imine (C=N–C) groups is 2. The van der Waals surface area contributed by atoms with Gasteiger partial charge in [-0.15, -0.1) is 0 Å². The van der Waals surface area contributed by atoms with Crippen molar-refractivity contribution in [3.05, 3.63) is 30.0 Å². The zero-order valence-corrected chi connectivity index (χ0v) is 12.3. The Bertz CT molecular complexity index is 745. The van der Waals surface area contributed by atoms with Crippen molar-refractivity contribution < 1.29 is 9.90 Å². The summed E-state index contributed by atoms with van der Waals surface area (Å²) >= 11 is 0. The molecule has 0 saturated heterocycles. The van der Waals surface area contributed by atoms with Gasteiger partial charge in [0.25, 0.3) is 0 Å². The van der Waals surface area contributed by atoms with E-state index in [0.29, 0.717) is 28.3 Å². The van der Waals surface area contributed by atoms with Gasteiger partial charge < -0.3 is 15.4 Å². The van der Waals surface area contributed by atoms with Crippen molar-refractivity contribution in [2.45, 2.75) is 13.5 Å². The molecule has 0 bridgehead atoms. The summed E-state index contributed by atoms with van der Waals surface area (Å²) in [6.45, 7) is 5.01. The topological polar surface area (TPSA) is 119 Å². The van der Waals surface area contributed by atoms with Gasteiger partial charge in [0.1, 0.15) is 24.0 Å². The first kappa shape index (κ1) is 15.4. The van der Waals surface area contributed by atoms with Crippen LogP contribution in [0.1, 0.15) is 11.4 Å². The smallest absolute Gasteiger partial charge is 0.323 e. The number of aliphatic carboxylic acids is 1. The van der Waals surface area contributed by atoms with E-state index in [1.54, 1.807) is 32.6 Å². The van der Waals surface area contributed by atoms with Crippen LogP contribution in [0.15, 0.2) is 28.6 Å². The number of carboxylic acids is 1. The summed E-state index contributed by atoms with van der Waals surface area (Å²) in [5.41, 5.74) is 7.82. The van der Waals surface area contributed by atoms with Gasteiger partial charge in [0.05, 0.1) is 5.56 Å². The molecular formula is C14H16N6O2. The molecule has 22 heavy (non-hydrogen) atoms. The van der Waals surface area contributed by atoms with Crippen molar-refractivity contribution in [3.63, 3.8) is 0 Å². The fourth-order valence-electron chi connectivity index (χ4n) is 2.10. The Labute approximate surface area is 127 Å². The van der Waals surface area contributed by atoms with Gasteiger partial charge in [-0.1, -0.05) is 0 Å². The number of aromatic nitrogens is 3. The maximum atomic E-state index is 11.0. The Morgan fingerprint density at radius 2 is 2.09 bits per heavy atom. The highest BCUT2D eigenvalue weighted by Gasteiger charge is 2.20. The predicted octanol–water partition coefficient (Wildman–Crippen LogP) is 1.01. The molecule has 2 rings (SSSR count). The molecule has 3 N–H and O–H groups in total. The number of carbonyl (C=O) groups is 1. The first-order valence-electron chi connectivity index (χ1n) is 6.41. The van der Waals surface area contributed by atoms with Gasteiger partial charge >= 0.3 is 5.97 Å². The molecule has 2 aromatic rings. The molecule has 8 nitrogen and oxygen atoms in total. The lowest BCUT2D eigenvalue weighted by atomic mass is 10.1. The Morgan fingerprint density at radius 1 is 1.45 bits per heavy atom. The highest BCUT2D eigenvalue weighted by atomic mass is 16.4. The van der Waals surface area contributed by atoms with Crippen LogP contribution in [0.25, 0.3) is 11.1 Å². The van der Waals surface area contributed by atoms with Crippen LogP contribution in [-0.4, -0.2) is 45.2 Å². The van der Waals surface area contributed by atoms with Crippen molar-refractivity contribution in [2.24, 2.45) is 15.7 Å². The monoisotopic (exact) mass is 300 g/mol. The van der Waals surface area contributed by atoms with Crippen LogP contribution < -0.4 is 5.73 Å². The van der Waals surface area contributed by atoms with E-state index < -0.39 is 5.97 Å². The minimum Gasteiger partial charge on any atom is -0.480 e. The van der Waals surface area contributed by atoms with E-state index in [0.717, 1.165) is 0 Å². The molecule has 0 aliphatic carbocycles. The lowest BCUT2D eigenvalue weighted by Gasteiger charge is -2.05. The van der Waals surface area contributed by atoms with Crippen LogP contribution >= 0.6 is 0 Å². The molecule has 0 aliphatic heterocycles. The molecule has 0 saturated carbocycles. The first-order chi connectivity index (χ1) is 10.5. The number of carboxylic acid groups (broad SMARTS) is 1. The fraction of sp³-hybridized carbons (Fsp3) is 0.214. The third kappa shape index (κ3) is 2.85. The second-order valence-electron chi connectivity index (χ2n) is 4.55. The largest absolute Gasteiger partial charge is 0.480 e. The van der Waals surface area contributed by atoms with E-state index in [-0.39, 0.29) is 12.4 Å². The van der Waals surface area contributed by atoms with Gasteiger partial charge in [0, 0.05) is 36.8 Å². The molecule has 0 atom stereocenters. The van der Waals surface area contributed by atoms with Crippen LogP contribution in [0.5, 0.6) is 0 Å². The number of amidine groups is 1. The maximum absolute atomic E-state index is 11.0. The zero-order valence-electron chi connectivity index (χ0n) is 12.3. The number of nitrogens with zero attached hydrogens (tertiary/aromatic N) is 5. The summed E-state index contributed by atoms with van der Waals surface area (Å²) in [5, 5.41) is 9.02. The van der Waals surface area contributed by atoms with Crippen LogP contribution in [0.4, 0.5) is 5.82 Å². The molecule has 0 unspecified atom stereocenters. The first-order valence-corrected chi connectivity index (χ1v) is 6.41. The van der Waals surface area contributed by atoms with Crippen molar-refractivity contribution in [1.29, 1.82) is 0 Å². The predicted molar refractivity (Wildman–Crippen MR) is 83.7 cm³/mol.